The molecule has 0 aliphatic carbocycles. The van der Waals surface area contributed by atoms with Crippen LogP contribution in [0.15, 0.2) is 0 Å². The minimum atomic E-state index is -2.78. The molecule has 1 unspecified atom stereocenters. The maximum Gasteiger partial charge on any atom is 0.148 e. The Balaban J connectivity index is 3.27. The number of rotatable bonds is 11. The molecule has 0 heterocycles. The second-order valence-electron chi connectivity index (χ2n) is 4.59. The molecule has 0 amide bonds. The Kier molecular flexibility index (Phi) is 10.4. The third-order valence-electron chi connectivity index (χ3n) is 2.58. The Bertz CT molecular complexity index is 266. The molecule has 1 N–H and O–H groups in total. The standard InChI is InChI=1S/C12H27NO2S2/c1-4-5-6-7-12(2)13-8-9-16-10-11-17(3,14)15/h12-13H,4-11H2,1-3H3. The lowest BCUT2D eigenvalue weighted by atomic mass is 10.1. The van der Waals surface area contributed by atoms with Gasteiger partial charge in [-0.05, 0) is 13.3 Å². The molecule has 0 aromatic rings. The van der Waals surface area contributed by atoms with Gasteiger partial charge in [0.2, 0.25) is 0 Å². The Labute approximate surface area is 111 Å². The molecule has 0 aromatic heterocycles. The molecule has 0 aromatic carbocycles. The van der Waals surface area contributed by atoms with E-state index in [-0.39, 0.29) is 0 Å². The largest absolute Gasteiger partial charge is 0.313 e. The average Bonchev–Trinajstić information content (AvgIpc) is 2.22. The van der Waals surface area contributed by atoms with Gasteiger partial charge < -0.3 is 5.32 Å². The SMILES string of the molecule is CCCCCC(C)NCCSCCS(C)(=O)=O. The molecule has 0 aliphatic rings. The van der Waals surface area contributed by atoms with Gasteiger partial charge in [0.1, 0.15) is 9.84 Å². The smallest absolute Gasteiger partial charge is 0.148 e. The van der Waals surface area contributed by atoms with Crippen LogP contribution in [0.25, 0.3) is 0 Å². The first-order valence-corrected chi connectivity index (χ1v) is 9.66. The van der Waals surface area contributed by atoms with Crippen LogP contribution in [0.1, 0.15) is 39.5 Å². The quantitative estimate of drug-likeness (QED) is 0.590. The zero-order chi connectivity index (χ0) is 13.1. The van der Waals surface area contributed by atoms with E-state index in [0.717, 1.165) is 12.3 Å². The van der Waals surface area contributed by atoms with Gasteiger partial charge in [-0.2, -0.15) is 11.8 Å². The van der Waals surface area contributed by atoms with E-state index in [1.165, 1.54) is 31.9 Å². The van der Waals surface area contributed by atoms with Crippen LogP contribution in [-0.4, -0.2) is 44.5 Å². The zero-order valence-electron chi connectivity index (χ0n) is 11.4. The molecule has 0 bridgehead atoms. The minimum absolute atomic E-state index is 0.295. The highest BCUT2D eigenvalue weighted by Crippen LogP contribution is 2.04. The first-order chi connectivity index (χ1) is 7.95. The van der Waals surface area contributed by atoms with Crippen LogP contribution in [0.2, 0.25) is 0 Å². The van der Waals surface area contributed by atoms with Crippen LogP contribution in [-0.2, 0) is 9.84 Å². The van der Waals surface area contributed by atoms with E-state index in [1.807, 2.05) is 0 Å². The molecular weight excluding hydrogens is 254 g/mol. The molecule has 0 spiro atoms. The van der Waals surface area contributed by atoms with E-state index in [1.54, 1.807) is 11.8 Å². The van der Waals surface area contributed by atoms with Gasteiger partial charge in [-0.3, -0.25) is 0 Å². The van der Waals surface area contributed by atoms with Gasteiger partial charge >= 0.3 is 0 Å². The topological polar surface area (TPSA) is 46.2 Å². The molecule has 0 radical (unpaired) electrons. The lowest BCUT2D eigenvalue weighted by Crippen LogP contribution is -2.28. The fraction of sp³-hybridized carbons (Fsp3) is 1.00. The second kappa shape index (κ2) is 10.2. The highest BCUT2D eigenvalue weighted by molar-refractivity contribution is 8.00. The maximum atomic E-state index is 10.9. The third kappa shape index (κ3) is 14.2. The summed E-state index contributed by atoms with van der Waals surface area (Å²) in [5, 5.41) is 3.47. The van der Waals surface area contributed by atoms with E-state index in [2.05, 4.69) is 19.2 Å². The lowest BCUT2D eigenvalue weighted by molar-refractivity contribution is 0.502. The summed E-state index contributed by atoms with van der Waals surface area (Å²) in [6.07, 6.45) is 6.42. The molecule has 0 aliphatic heterocycles. The summed E-state index contributed by atoms with van der Waals surface area (Å²) in [4.78, 5) is 0. The monoisotopic (exact) mass is 281 g/mol. The number of hydrogen-bond acceptors (Lipinski definition) is 4. The summed E-state index contributed by atoms with van der Waals surface area (Å²) in [6.45, 7) is 5.41. The van der Waals surface area contributed by atoms with Crippen LogP contribution in [0.4, 0.5) is 0 Å². The van der Waals surface area contributed by atoms with Crippen molar-refractivity contribution in [2.24, 2.45) is 0 Å². The molecule has 5 heteroatoms. The van der Waals surface area contributed by atoms with Crippen molar-refractivity contribution >= 4 is 21.6 Å². The average molecular weight is 281 g/mol. The van der Waals surface area contributed by atoms with Gasteiger partial charge in [0.15, 0.2) is 0 Å². The van der Waals surface area contributed by atoms with E-state index in [9.17, 15) is 8.42 Å². The number of nitrogens with one attached hydrogen (secondary N) is 1. The first-order valence-electron chi connectivity index (χ1n) is 6.44. The number of unbranched alkanes of at least 4 members (excludes halogenated alkanes) is 2. The minimum Gasteiger partial charge on any atom is -0.313 e. The molecule has 104 valence electrons. The summed E-state index contributed by atoms with van der Waals surface area (Å²) in [6, 6.07) is 0.581. The van der Waals surface area contributed by atoms with Crippen molar-refractivity contribution in [3.8, 4) is 0 Å². The molecule has 0 saturated heterocycles. The van der Waals surface area contributed by atoms with Crippen LogP contribution >= 0.6 is 11.8 Å². The summed E-state index contributed by atoms with van der Waals surface area (Å²) < 4.78 is 21.8. The van der Waals surface area contributed by atoms with Gasteiger partial charge in [0, 0.05) is 30.3 Å². The zero-order valence-corrected chi connectivity index (χ0v) is 13.0. The van der Waals surface area contributed by atoms with E-state index in [0.29, 0.717) is 17.5 Å². The van der Waals surface area contributed by atoms with Crippen molar-refractivity contribution in [3.63, 3.8) is 0 Å². The van der Waals surface area contributed by atoms with Crippen molar-refractivity contribution in [2.45, 2.75) is 45.6 Å². The Morgan fingerprint density at radius 2 is 1.94 bits per heavy atom. The van der Waals surface area contributed by atoms with Gasteiger partial charge in [0.25, 0.3) is 0 Å². The van der Waals surface area contributed by atoms with E-state index in [4.69, 9.17) is 0 Å². The lowest BCUT2D eigenvalue weighted by Gasteiger charge is -2.13. The second-order valence-corrected chi connectivity index (χ2v) is 8.08. The summed E-state index contributed by atoms with van der Waals surface area (Å²) in [5.74, 6) is 2.00. The molecule has 17 heavy (non-hydrogen) atoms. The summed E-state index contributed by atoms with van der Waals surface area (Å²) in [7, 11) is -2.78. The van der Waals surface area contributed by atoms with Crippen LogP contribution in [0.3, 0.4) is 0 Å². The predicted molar refractivity (Wildman–Crippen MR) is 78.6 cm³/mol. The summed E-state index contributed by atoms with van der Waals surface area (Å²) in [5.41, 5.74) is 0. The fourth-order valence-electron chi connectivity index (χ4n) is 1.49. The molecule has 3 nitrogen and oxygen atoms in total. The molecule has 0 fully saturated rings. The first kappa shape index (κ1) is 17.3. The van der Waals surface area contributed by atoms with E-state index < -0.39 is 9.84 Å². The van der Waals surface area contributed by atoms with Crippen molar-refractivity contribution < 1.29 is 8.42 Å². The Morgan fingerprint density at radius 1 is 1.24 bits per heavy atom. The molecule has 1 atom stereocenters. The predicted octanol–water partition coefficient (Wildman–Crippen LogP) is 2.32. The maximum absolute atomic E-state index is 10.9. The van der Waals surface area contributed by atoms with Crippen molar-refractivity contribution in [3.05, 3.63) is 0 Å². The number of thioether (sulfide) groups is 1. The summed E-state index contributed by atoms with van der Waals surface area (Å²) >= 11 is 1.71. The molecular formula is C12H27NO2S2. The van der Waals surface area contributed by atoms with Gasteiger partial charge in [-0.15, -0.1) is 0 Å². The van der Waals surface area contributed by atoms with Crippen LogP contribution in [0, 0.1) is 0 Å². The Morgan fingerprint density at radius 3 is 2.53 bits per heavy atom. The highest BCUT2D eigenvalue weighted by Gasteiger charge is 2.02. The van der Waals surface area contributed by atoms with Gasteiger partial charge in [-0.25, -0.2) is 8.42 Å². The highest BCUT2D eigenvalue weighted by atomic mass is 32.2. The normalized spacial score (nSPS) is 13.8. The van der Waals surface area contributed by atoms with Crippen molar-refractivity contribution in [2.75, 3.05) is 30.1 Å². The van der Waals surface area contributed by atoms with Crippen LogP contribution < -0.4 is 5.32 Å². The molecule has 0 saturated carbocycles. The fourth-order valence-corrected chi connectivity index (χ4v) is 3.64. The van der Waals surface area contributed by atoms with E-state index >= 15 is 0 Å². The van der Waals surface area contributed by atoms with Gasteiger partial charge in [-0.1, -0.05) is 26.2 Å². The Hall–Kier alpha value is 0.260. The van der Waals surface area contributed by atoms with Crippen LogP contribution in [0.5, 0.6) is 0 Å². The number of hydrogen-bond donors (Lipinski definition) is 1. The number of sulfone groups is 1. The van der Waals surface area contributed by atoms with Crippen molar-refractivity contribution in [1.29, 1.82) is 0 Å². The van der Waals surface area contributed by atoms with Crippen molar-refractivity contribution in [1.82, 2.24) is 5.32 Å². The third-order valence-corrected chi connectivity index (χ3v) is 4.77. The molecule has 0 rings (SSSR count). The van der Waals surface area contributed by atoms with Gasteiger partial charge in [0.05, 0.1) is 5.75 Å².